The maximum absolute atomic E-state index is 5.78. The molecule has 0 aromatic rings. The molecule has 2 N–H and O–H groups in total. The van der Waals surface area contributed by atoms with Crippen LogP contribution in [-0.4, -0.2) is 49.6 Å². The van der Waals surface area contributed by atoms with Gasteiger partial charge in [0.05, 0.1) is 6.54 Å². The first-order chi connectivity index (χ1) is 9.61. The number of likely N-dealkylation sites (N-methyl/N-ethyl adjacent to an activating group) is 1. The van der Waals surface area contributed by atoms with E-state index >= 15 is 0 Å². The van der Waals surface area contributed by atoms with Crippen LogP contribution in [0.5, 0.6) is 0 Å². The summed E-state index contributed by atoms with van der Waals surface area (Å²) in [4.78, 5) is 4.74. The zero-order chi connectivity index (χ0) is 14.8. The van der Waals surface area contributed by atoms with Crippen molar-refractivity contribution in [2.45, 2.75) is 20.3 Å². The minimum atomic E-state index is 0. The molecule has 0 spiro atoms. The predicted molar refractivity (Wildman–Crippen MR) is 85.8 cm³/mol. The molecule has 1 saturated heterocycles. The van der Waals surface area contributed by atoms with Gasteiger partial charge in [-0.05, 0) is 13.5 Å². The smallest absolute Gasteiger partial charge is 0.0595 e. The van der Waals surface area contributed by atoms with E-state index in [1.807, 2.05) is 25.2 Å². The molecule has 0 bridgehead atoms. The van der Waals surface area contributed by atoms with Crippen molar-refractivity contribution < 1.29 is 32.7 Å². The Morgan fingerprint density at radius 2 is 1.95 bits per heavy atom. The molecule has 1 aliphatic heterocycles. The summed E-state index contributed by atoms with van der Waals surface area (Å²) in [7, 11) is 2.16. The fourth-order valence-electron chi connectivity index (χ4n) is 1.82. The number of hydrogen-bond acceptors (Lipinski definition) is 3. The molecule has 1 rings (SSSR count). The van der Waals surface area contributed by atoms with E-state index in [1.165, 1.54) is 0 Å². The Morgan fingerprint density at radius 3 is 2.57 bits per heavy atom. The van der Waals surface area contributed by atoms with E-state index in [4.69, 9.17) is 5.73 Å². The molecule has 21 heavy (non-hydrogen) atoms. The number of rotatable bonds is 4. The summed E-state index contributed by atoms with van der Waals surface area (Å²) < 4.78 is 0. The number of piperazine rings is 1. The molecular formula is C17H26N3Y-. The molecule has 4 heteroatoms. The van der Waals surface area contributed by atoms with Crippen LogP contribution in [0.15, 0.2) is 29.5 Å². The number of nitrogens with zero attached hydrogens (tertiary/aromatic N) is 2. The van der Waals surface area contributed by atoms with Crippen molar-refractivity contribution in [3.05, 3.63) is 35.6 Å². The van der Waals surface area contributed by atoms with E-state index in [0.29, 0.717) is 5.70 Å². The van der Waals surface area contributed by atoms with Crippen LogP contribution in [0.2, 0.25) is 0 Å². The van der Waals surface area contributed by atoms with Gasteiger partial charge in [-0.1, -0.05) is 31.0 Å². The first-order valence-corrected chi connectivity index (χ1v) is 7.24. The Labute approximate surface area is 155 Å². The van der Waals surface area contributed by atoms with E-state index in [0.717, 1.165) is 44.7 Å². The fourth-order valence-corrected chi connectivity index (χ4v) is 1.82. The summed E-state index contributed by atoms with van der Waals surface area (Å²) in [6.45, 7) is 9.38. The third-order valence-corrected chi connectivity index (χ3v) is 3.17. The molecule has 1 heterocycles. The van der Waals surface area contributed by atoms with Gasteiger partial charge in [-0.15, -0.1) is 18.1 Å². The number of hydrogen-bond donors (Lipinski definition) is 1. The summed E-state index contributed by atoms with van der Waals surface area (Å²) >= 11 is 0. The van der Waals surface area contributed by atoms with Crippen LogP contribution in [0, 0.1) is 17.9 Å². The maximum Gasteiger partial charge on any atom is 0.0595 e. The Bertz CT molecular complexity index is 433. The van der Waals surface area contributed by atoms with E-state index in [1.54, 1.807) is 0 Å². The molecule has 0 unspecified atom stereocenters. The fraction of sp³-hybridized carbons (Fsp3) is 0.529. The Morgan fingerprint density at radius 1 is 1.29 bits per heavy atom. The van der Waals surface area contributed by atoms with Gasteiger partial charge in [0.1, 0.15) is 0 Å². The zero-order valence-corrected chi connectivity index (χ0v) is 16.4. The molecule has 1 fully saturated rings. The Kier molecular flexibility index (Phi) is 11.9. The van der Waals surface area contributed by atoms with Crippen molar-refractivity contribution in [2.75, 3.05) is 39.8 Å². The second-order valence-corrected chi connectivity index (χ2v) is 5.12. The van der Waals surface area contributed by atoms with Crippen molar-refractivity contribution >= 4 is 0 Å². The number of nitrogens with two attached hydrogens (primary N) is 1. The first kappa shape index (κ1) is 20.6. The van der Waals surface area contributed by atoms with Gasteiger partial charge in [0, 0.05) is 58.9 Å². The third kappa shape index (κ3) is 10.0. The molecule has 113 valence electrons. The van der Waals surface area contributed by atoms with E-state index < -0.39 is 0 Å². The molecular weight excluding hydrogens is 335 g/mol. The minimum absolute atomic E-state index is 0. The van der Waals surface area contributed by atoms with Crippen molar-refractivity contribution in [1.29, 1.82) is 0 Å². The Balaban J connectivity index is 0.00000400. The van der Waals surface area contributed by atoms with Gasteiger partial charge >= 0.3 is 0 Å². The zero-order valence-electron chi connectivity index (χ0n) is 13.5. The van der Waals surface area contributed by atoms with Crippen LogP contribution >= 0.6 is 0 Å². The van der Waals surface area contributed by atoms with Crippen LogP contribution in [0.3, 0.4) is 0 Å². The van der Waals surface area contributed by atoms with E-state index in [2.05, 4.69) is 41.7 Å². The van der Waals surface area contributed by atoms with Gasteiger partial charge in [0.2, 0.25) is 0 Å². The standard InChI is InChI=1S/C17H26N3.Y/c1-4-5-8-17(18)10-9-16(2)7-6-11-20-14-12-19(3)13-15-20;/h5,8-9H,4,11-15,18H2,1-3H3;/q-1;/b8-5+,16-9+;. The molecule has 0 aromatic carbocycles. The predicted octanol–water partition coefficient (Wildman–Crippen LogP) is 1.79. The van der Waals surface area contributed by atoms with Gasteiger partial charge in [-0.2, -0.15) is 12.2 Å². The van der Waals surface area contributed by atoms with Gasteiger partial charge in [0.15, 0.2) is 0 Å². The molecule has 0 aromatic heterocycles. The summed E-state index contributed by atoms with van der Waals surface area (Å²) in [6, 6.07) is 0. The van der Waals surface area contributed by atoms with E-state index in [-0.39, 0.29) is 32.7 Å². The van der Waals surface area contributed by atoms with Crippen LogP contribution in [0.25, 0.3) is 0 Å². The van der Waals surface area contributed by atoms with Crippen LogP contribution in [0.4, 0.5) is 0 Å². The van der Waals surface area contributed by atoms with Crippen molar-refractivity contribution in [3.63, 3.8) is 0 Å². The summed E-state index contributed by atoms with van der Waals surface area (Å²) in [5.41, 5.74) is 7.42. The number of allylic oxidation sites excluding steroid dienone is 5. The third-order valence-electron chi connectivity index (χ3n) is 3.17. The molecule has 0 atom stereocenters. The van der Waals surface area contributed by atoms with Crippen molar-refractivity contribution in [3.8, 4) is 11.8 Å². The second-order valence-electron chi connectivity index (χ2n) is 5.12. The first-order valence-electron chi connectivity index (χ1n) is 7.24. The summed E-state index contributed by atoms with van der Waals surface area (Å²) in [6.07, 6.45) is 9.76. The SMILES string of the molecule is CC/C=C/C(N)=[C-]/C=C(\C)C#CCN1CCN(C)CC1.[Y]. The average molecular weight is 361 g/mol. The monoisotopic (exact) mass is 361 g/mol. The van der Waals surface area contributed by atoms with Crippen molar-refractivity contribution in [2.24, 2.45) is 5.73 Å². The van der Waals surface area contributed by atoms with Gasteiger partial charge < -0.3 is 10.6 Å². The molecule has 3 nitrogen and oxygen atoms in total. The van der Waals surface area contributed by atoms with Gasteiger partial charge in [0.25, 0.3) is 0 Å². The minimum Gasteiger partial charge on any atom is -0.420 e. The molecule has 0 saturated carbocycles. The Hall–Kier alpha value is -0.396. The summed E-state index contributed by atoms with van der Waals surface area (Å²) in [5.74, 6) is 6.37. The van der Waals surface area contributed by atoms with Crippen LogP contribution in [-0.2, 0) is 32.7 Å². The molecule has 0 amide bonds. The van der Waals surface area contributed by atoms with Crippen LogP contribution in [0.1, 0.15) is 20.3 Å². The topological polar surface area (TPSA) is 32.5 Å². The van der Waals surface area contributed by atoms with Gasteiger partial charge in [-0.25, -0.2) is 0 Å². The average Bonchev–Trinajstić information content (AvgIpc) is 2.45. The normalized spacial score (nSPS) is 18.2. The quantitative estimate of drug-likeness (QED) is 0.471. The second kappa shape index (κ2) is 12.2. The molecule has 1 aliphatic rings. The van der Waals surface area contributed by atoms with Crippen LogP contribution < -0.4 is 5.73 Å². The largest absolute Gasteiger partial charge is 0.420 e. The molecule has 0 aliphatic carbocycles. The van der Waals surface area contributed by atoms with Gasteiger partial charge in [-0.3, -0.25) is 4.90 Å². The molecule has 1 radical (unpaired) electrons. The maximum atomic E-state index is 5.78. The van der Waals surface area contributed by atoms with Crippen molar-refractivity contribution in [1.82, 2.24) is 9.80 Å². The summed E-state index contributed by atoms with van der Waals surface area (Å²) in [5, 5.41) is 0. The van der Waals surface area contributed by atoms with E-state index in [9.17, 15) is 0 Å².